The number of hydrogen-bond acceptors (Lipinski definition) is 8. The summed E-state index contributed by atoms with van der Waals surface area (Å²) >= 11 is 5.92. The van der Waals surface area contributed by atoms with Crippen molar-refractivity contribution in [2.24, 2.45) is 16.6 Å². The zero-order chi connectivity index (χ0) is 27.0. The second-order valence-corrected chi connectivity index (χ2v) is 10.1. The van der Waals surface area contributed by atoms with Gasteiger partial charge < -0.3 is 26.2 Å². The van der Waals surface area contributed by atoms with Gasteiger partial charge in [0.1, 0.15) is 17.3 Å². The van der Waals surface area contributed by atoms with Gasteiger partial charge in [0.25, 0.3) is 0 Å². The Morgan fingerprint density at radius 1 is 1.05 bits per heavy atom. The van der Waals surface area contributed by atoms with Crippen LogP contribution in [0, 0.1) is 19.8 Å². The summed E-state index contributed by atoms with van der Waals surface area (Å²) in [6, 6.07) is 8.52. The summed E-state index contributed by atoms with van der Waals surface area (Å²) in [5.41, 5.74) is 5.13. The SMILES string of the molecule is CC(=Nc1ccc(Cl)cc1)C1=C(O)[C@@]2(O)C(=O)c3c(c(C)c4ccc(C)c(O)c4c3O)C[C@H]2[C@@H](N)C1=O. The van der Waals surface area contributed by atoms with E-state index in [1.165, 1.54) is 6.92 Å². The molecule has 0 aliphatic heterocycles. The van der Waals surface area contributed by atoms with Crippen molar-refractivity contribution >= 4 is 45.3 Å². The van der Waals surface area contributed by atoms with Crippen LogP contribution in [0.4, 0.5) is 5.69 Å². The summed E-state index contributed by atoms with van der Waals surface area (Å²) in [4.78, 5) is 31.6. The number of aliphatic hydroxyl groups excluding tert-OH is 1. The fraction of sp³-hybridized carbons (Fsp3) is 0.250. The zero-order valence-electron chi connectivity index (χ0n) is 20.3. The summed E-state index contributed by atoms with van der Waals surface area (Å²) in [7, 11) is 0. The van der Waals surface area contributed by atoms with Gasteiger partial charge in [-0.1, -0.05) is 23.7 Å². The molecule has 0 spiro atoms. The molecule has 3 atom stereocenters. The van der Waals surface area contributed by atoms with Crippen molar-refractivity contribution in [3.8, 4) is 11.5 Å². The molecule has 0 aromatic heterocycles. The number of Topliss-reactive ketones (excluding diaryl/α,β-unsaturated/α-hetero) is 2. The topological polar surface area (TPSA) is 153 Å². The first-order valence-electron chi connectivity index (χ1n) is 11.7. The van der Waals surface area contributed by atoms with Gasteiger partial charge in [0, 0.05) is 10.9 Å². The Kier molecular flexibility index (Phi) is 5.67. The molecule has 0 bridgehead atoms. The molecule has 3 aromatic rings. The van der Waals surface area contributed by atoms with Crippen LogP contribution in [0.1, 0.15) is 34.0 Å². The smallest absolute Gasteiger partial charge is 0.206 e. The summed E-state index contributed by atoms with van der Waals surface area (Å²) in [6.45, 7) is 4.85. The molecule has 37 heavy (non-hydrogen) atoms. The van der Waals surface area contributed by atoms with Crippen LogP contribution in [0.5, 0.6) is 11.5 Å². The lowest BCUT2D eigenvalue weighted by atomic mass is 9.61. The maximum atomic E-state index is 13.9. The molecule has 0 heterocycles. The number of hydrogen-bond donors (Lipinski definition) is 5. The summed E-state index contributed by atoms with van der Waals surface area (Å²) in [5, 5.41) is 46.0. The van der Waals surface area contributed by atoms with E-state index in [1.807, 2.05) is 0 Å². The second kappa shape index (κ2) is 8.41. The Morgan fingerprint density at radius 3 is 2.35 bits per heavy atom. The van der Waals surface area contributed by atoms with Crippen LogP contribution in [0.2, 0.25) is 5.02 Å². The Hall–Kier alpha value is -3.72. The van der Waals surface area contributed by atoms with Crippen molar-refractivity contribution in [1.82, 2.24) is 0 Å². The van der Waals surface area contributed by atoms with E-state index in [-0.39, 0.29) is 34.4 Å². The lowest BCUT2D eigenvalue weighted by molar-refractivity contribution is -0.122. The van der Waals surface area contributed by atoms with Gasteiger partial charge in [0.2, 0.25) is 5.78 Å². The number of phenols is 2. The van der Waals surface area contributed by atoms with Gasteiger partial charge in [-0.25, -0.2) is 0 Å². The molecule has 0 unspecified atom stereocenters. The predicted molar refractivity (Wildman–Crippen MR) is 140 cm³/mol. The van der Waals surface area contributed by atoms with E-state index < -0.39 is 40.6 Å². The van der Waals surface area contributed by atoms with Crippen molar-refractivity contribution in [1.29, 1.82) is 0 Å². The maximum absolute atomic E-state index is 13.9. The molecule has 9 heteroatoms. The minimum Gasteiger partial charge on any atom is -0.508 e. The fourth-order valence-corrected chi connectivity index (χ4v) is 5.66. The fourth-order valence-electron chi connectivity index (χ4n) is 5.53. The number of aromatic hydroxyl groups is 2. The van der Waals surface area contributed by atoms with E-state index in [2.05, 4.69) is 4.99 Å². The van der Waals surface area contributed by atoms with Crippen molar-refractivity contribution in [2.45, 2.75) is 38.8 Å². The molecule has 5 rings (SSSR count). The summed E-state index contributed by atoms with van der Waals surface area (Å²) in [6.07, 6.45) is -0.0564. The Bertz CT molecular complexity index is 1590. The quantitative estimate of drug-likeness (QED) is 0.318. The van der Waals surface area contributed by atoms with E-state index in [0.29, 0.717) is 32.8 Å². The van der Waals surface area contributed by atoms with Crippen LogP contribution in [-0.4, -0.2) is 49.3 Å². The Labute approximate surface area is 217 Å². The number of fused-ring (bicyclic) bond motifs is 3. The molecule has 3 aromatic carbocycles. The molecule has 0 amide bonds. The normalized spacial score (nSPS) is 23.9. The first kappa shape index (κ1) is 25.0. The molecule has 8 nitrogen and oxygen atoms in total. The van der Waals surface area contributed by atoms with Crippen molar-refractivity contribution < 1.29 is 30.0 Å². The van der Waals surface area contributed by atoms with Crippen LogP contribution in [0.25, 0.3) is 10.8 Å². The number of ketones is 2. The number of halogens is 1. The second-order valence-electron chi connectivity index (χ2n) is 9.67. The summed E-state index contributed by atoms with van der Waals surface area (Å²) < 4.78 is 0. The van der Waals surface area contributed by atoms with Crippen LogP contribution in [-0.2, 0) is 11.2 Å². The molecule has 0 radical (unpaired) electrons. The number of nitrogens with two attached hydrogens (primary N) is 1. The van der Waals surface area contributed by atoms with Crippen molar-refractivity contribution in [3.63, 3.8) is 0 Å². The van der Waals surface area contributed by atoms with Gasteiger partial charge in [-0.15, -0.1) is 0 Å². The van der Waals surface area contributed by atoms with E-state index in [4.69, 9.17) is 17.3 Å². The first-order chi connectivity index (χ1) is 17.4. The molecule has 6 N–H and O–H groups in total. The highest BCUT2D eigenvalue weighted by Crippen LogP contribution is 2.50. The number of aliphatic imine (C=N–C) groups is 1. The standard InChI is InChI=1S/C28H25ClN2O6/c1-11-4-9-16-12(2)17-10-18-22(30)25(34)19(13(3)31-15-7-5-14(29)6-8-15)26(35)28(18,37)27(36)21(17)24(33)20(16)23(11)32/h4-9,18,22,32-33,35,37H,10,30H2,1-3H3/t18-,22+,28+/m0/s1. The van der Waals surface area contributed by atoms with E-state index in [1.54, 1.807) is 50.2 Å². The molecule has 190 valence electrons. The molecule has 0 saturated heterocycles. The third-order valence-corrected chi connectivity index (χ3v) is 7.86. The van der Waals surface area contributed by atoms with Crippen molar-refractivity contribution in [3.05, 3.63) is 75.0 Å². The van der Waals surface area contributed by atoms with Gasteiger partial charge in [-0.05, 0) is 73.5 Å². The average Bonchev–Trinajstić information content (AvgIpc) is 2.85. The molecule has 2 aliphatic carbocycles. The number of nitrogens with zero attached hydrogens (tertiary/aromatic N) is 1. The van der Waals surface area contributed by atoms with Gasteiger partial charge in [-0.2, -0.15) is 0 Å². The number of phenolic OH excluding ortho intramolecular Hbond substituents is 2. The molecule has 2 aliphatic rings. The van der Waals surface area contributed by atoms with Gasteiger partial charge in [-0.3, -0.25) is 14.6 Å². The van der Waals surface area contributed by atoms with E-state index in [0.717, 1.165) is 0 Å². The van der Waals surface area contributed by atoms with Gasteiger partial charge in [0.15, 0.2) is 11.4 Å². The number of rotatable bonds is 2. The molecule has 0 saturated carbocycles. The van der Waals surface area contributed by atoms with Crippen LogP contribution in [0.15, 0.2) is 52.7 Å². The van der Waals surface area contributed by atoms with Crippen LogP contribution < -0.4 is 5.73 Å². The number of carbonyl (C=O) groups excluding carboxylic acids is 2. The van der Waals surface area contributed by atoms with Gasteiger partial charge in [0.05, 0.1) is 34.0 Å². The number of aliphatic hydroxyl groups is 2. The van der Waals surface area contributed by atoms with Gasteiger partial charge >= 0.3 is 0 Å². The van der Waals surface area contributed by atoms with E-state index >= 15 is 0 Å². The predicted octanol–water partition coefficient (Wildman–Crippen LogP) is 4.12. The van der Waals surface area contributed by atoms with Crippen LogP contribution in [0.3, 0.4) is 0 Å². The molecular formula is C28H25ClN2O6. The highest BCUT2D eigenvalue weighted by atomic mass is 35.5. The minimum absolute atomic E-state index is 0.0536. The lowest BCUT2D eigenvalue weighted by Gasteiger charge is -2.45. The van der Waals surface area contributed by atoms with E-state index in [9.17, 15) is 30.0 Å². The lowest BCUT2D eigenvalue weighted by Crippen LogP contribution is -2.63. The number of aryl methyl sites for hydroxylation is 2. The largest absolute Gasteiger partial charge is 0.508 e. The Balaban J connectivity index is 1.75. The number of carbonyl (C=O) groups is 2. The first-order valence-corrected chi connectivity index (χ1v) is 12.1. The molecular weight excluding hydrogens is 496 g/mol. The highest BCUT2D eigenvalue weighted by Gasteiger charge is 2.60. The van der Waals surface area contributed by atoms with Crippen LogP contribution >= 0.6 is 11.6 Å². The highest BCUT2D eigenvalue weighted by molar-refractivity contribution is 6.30. The third-order valence-electron chi connectivity index (χ3n) is 7.61. The monoisotopic (exact) mass is 520 g/mol. The maximum Gasteiger partial charge on any atom is 0.206 e. The van der Waals surface area contributed by atoms with Crippen molar-refractivity contribution in [2.75, 3.05) is 0 Å². The summed E-state index contributed by atoms with van der Waals surface area (Å²) in [5.74, 6) is -4.39. The minimum atomic E-state index is -2.58. The molecule has 0 fully saturated rings. The Morgan fingerprint density at radius 2 is 1.70 bits per heavy atom. The third kappa shape index (κ3) is 3.40. The number of benzene rings is 3. The zero-order valence-corrected chi connectivity index (χ0v) is 21.1. The average molecular weight is 521 g/mol.